The number of aliphatic imine (C=N–C) groups is 1. The molecule has 1 amide bonds. The number of rotatable bonds is 2. The number of amides is 1. The maximum atomic E-state index is 12.6. The lowest BCUT2D eigenvalue weighted by Crippen LogP contribution is -2.51. The van der Waals surface area contributed by atoms with E-state index in [1.54, 1.807) is 11.3 Å². The van der Waals surface area contributed by atoms with Crippen molar-refractivity contribution in [2.75, 3.05) is 32.7 Å². The van der Waals surface area contributed by atoms with Crippen LogP contribution >= 0.6 is 11.6 Å². The van der Waals surface area contributed by atoms with Crippen molar-refractivity contribution in [2.45, 2.75) is 13.3 Å². The average molecular weight is 384 g/mol. The summed E-state index contributed by atoms with van der Waals surface area (Å²) < 4.78 is 0. The quantitative estimate of drug-likeness (QED) is 0.788. The predicted octanol–water partition coefficient (Wildman–Crippen LogP) is 2.45. The molecule has 4 rings (SSSR count). The van der Waals surface area contributed by atoms with Gasteiger partial charge < -0.3 is 9.80 Å². The number of carbonyl (C=O) groups excluding carboxylic acids is 1. The van der Waals surface area contributed by atoms with Crippen molar-refractivity contribution in [1.29, 1.82) is 0 Å². The number of piperazine rings is 1. The number of aryl methyl sites for hydroxylation is 1. The van der Waals surface area contributed by atoms with Gasteiger partial charge in [-0.15, -0.1) is 5.10 Å². The molecule has 0 unspecified atom stereocenters. The number of hydrogen-bond acceptors (Lipinski definition) is 5. The van der Waals surface area contributed by atoms with Crippen LogP contribution in [0.5, 0.6) is 0 Å². The molecular formula is C20H22ClN5O. The summed E-state index contributed by atoms with van der Waals surface area (Å²) in [5.41, 5.74) is 3.04. The van der Waals surface area contributed by atoms with Crippen LogP contribution in [0.1, 0.15) is 11.1 Å². The van der Waals surface area contributed by atoms with Gasteiger partial charge in [0.1, 0.15) is 12.2 Å². The van der Waals surface area contributed by atoms with Gasteiger partial charge >= 0.3 is 0 Å². The summed E-state index contributed by atoms with van der Waals surface area (Å²) in [5.74, 6) is 1.06. The van der Waals surface area contributed by atoms with Crippen molar-refractivity contribution in [3.8, 4) is 0 Å². The van der Waals surface area contributed by atoms with Gasteiger partial charge in [0.15, 0.2) is 0 Å². The number of amidine groups is 1. The van der Waals surface area contributed by atoms with Gasteiger partial charge in [-0.05, 0) is 42.3 Å². The lowest BCUT2D eigenvalue weighted by atomic mass is 10.1. The first kappa shape index (κ1) is 17.8. The second kappa shape index (κ2) is 7.56. The van der Waals surface area contributed by atoms with Crippen molar-refractivity contribution in [3.63, 3.8) is 0 Å². The Morgan fingerprint density at radius 3 is 2.78 bits per heavy atom. The first-order valence-corrected chi connectivity index (χ1v) is 9.52. The molecule has 1 saturated heterocycles. The van der Waals surface area contributed by atoms with E-state index in [0.717, 1.165) is 35.7 Å². The number of carbonyl (C=O) groups is 1. The maximum absolute atomic E-state index is 12.6. The largest absolute Gasteiger partial charge is 0.352 e. The zero-order valence-electron chi connectivity index (χ0n) is 15.3. The minimum absolute atomic E-state index is 0.143. The lowest BCUT2D eigenvalue weighted by Gasteiger charge is -2.37. The molecule has 6 nitrogen and oxygen atoms in total. The molecule has 0 atom stereocenters. The molecule has 3 heterocycles. The van der Waals surface area contributed by atoms with Crippen LogP contribution in [0, 0.1) is 6.92 Å². The predicted molar refractivity (Wildman–Crippen MR) is 108 cm³/mol. The van der Waals surface area contributed by atoms with Gasteiger partial charge in [-0.3, -0.25) is 9.79 Å². The minimum atomic E-state index is 0.143. The second-order valence-electron chi connectivity index (χ2n) is 6.87. The number of hydrogen-bond donors (Lipinski definition) is 0. The number of nitrogens with zero attached hydrogens (tertiary/aromatic N) is 5. The first-order valence-electron chi connectivity index (χ1n) is 9.14. The van der Waals surface area contributed by atoms with Crippen LogP contribution in [0.2, 0.25) is 5.02 Å². The third-order valence-corrected chi connectivity index (χ3v) is 5.43. The van der Waals surface area contributed by atoms with Crippen LogP contribution in [0.3, 0.4) is 0 Å². The van der Waals surface area contributed by atoms with Crippen molar-refractivity contribution in [3.05, 3.63) is 58.3 Å². The Morgan fingerprint density at radius 1 is 1.19 bits per heavy atom. The highest BCUT2D eigenvalue weighted by atomic mass is 35.5. The SMILES string of the molecule is Cc1ccc(CC(=O)N2CCN(C3=NN4C=NCC=C4C=C3)CC2)cc1Cl. The van der Waals surface area contributed by atoms with E-state index in [-0.39, 0.29) is 5.91 Å². The number of benzene rings is 1. The zero-order chi connectivity index (χ0) is 18.8. The van der Waals surface area contributed by atoms with Crippen molar-refractivity contribution < 1.29 is 4.79 Å². The van der Waals surface area contributed by atoms with Crippen LogP contribution in [0.15, 0.2) is 52.2 Å². The van der Waals surface area contributed by atoms with E-state index in [0.29, 0.717) is 31.1 Å². The molecule has 0 radical (unpaired) electrons. The van der Waals surface area contributed by atoms with Gasteiger partial charge in [0.25, 0.3) is 0 Å². The van der Waals surface area contributed by atoms with E-state index in [1.165, 1.54) is 0 Å². The Labute approximate surface area is 164 Å². The van der Waals surface area contributed by atoms with E-state index in [4.69, 9.17) is 11.6 Å². The van der Waals surface area contributed by atoms with E-state index in [1.807, 2.05) is 42.2 Å². The molecule has 7 heteroatoms. The number of fused-ring (bicyclic) bond motifs is 1. The standard InChI is InChI=1S/C20H22ClN5O/c1-15-2-3-16(12-18(15)21)13-20(27)25-10-8-24(9-11-25)19-5-4-17-6-7-22-14-26(17)23-19/h2-6,12,14H,7-11,13H2,1H3. The normalized spacial score (nSPS) is 19.0. The lowest BCUT2D eigenvalue weighted by molar-refractivity contribution is -0.131. The van der Waals surface area contributed by atoms with Crippen LogP contribution in [0.4, 0.5) is 0 Å². The van der Waals surface area contributed by atoms with E-state index in [2.05, 4.69) is 21.1 Å². The molecule has 1 fully saturated rings. The van der Waals surface area contributed by atoms with Crippen molar-refractivity contribution in [1.82, 2.24) is 14.8 Å². The summed E-state index contributed by atoms with van der Waals surface area (Å²) in [6, 6.07) is 5.82. The summed E-state index contributed by atoms with van der Waals surface area (Å²) >= 11 is 6.17. The van der Waals surface area contributed by atoms with Crippen LogP contribution < -0.4 is 0 Å². The zero-order valence-corrected chi connectivity index (χ0v) is 16.1. The molecule has 1 aromatic carbocycles. The Morgan fingerprint density at radius 2 is 2.00 bits per heavy atom. The monoisotopic (exact) mass is 383 g/mol. The molecule has 0 N–H and O–H groups in total. The van der Waals surface area contributed by atoms with Gasteiger partial charge in [-0.25, -0.2) is 5.01 Å². The van der Waals surface area contributed by atoms with Gasteiger partial charge in [0, 0.05) is 31.2 Å². The fourth-order valence-electron chi connectivity index (χ4n) is 3.35. The smallest absolute Gasteiger partial charge is 0.227 e. The topological polar surface area (TPSA) is 51.5 Å². The van der Waals surface area contributed by atoms with Crippen LogP contribution in [0.25, 0.3) is 0 Å². The summed E-state index contributed by atoms with van der Waals surface area (Å²) in [6.45, 7) is 5.60. The average Bonchev–Trinajstić information content (AvgIpc) is 2.70. The first-order chi connectivity index (χ1) is 13.1. The Hall–Kier alpha value is -2.60. The van der Waals surface area contributed by atoms with E-state index in [9.17, 15) is 4.79 Å². The second-order valence-corrected chi connectivity index (χ2v) is 7.28. The Balaban J connectivity index is 1.34. The molecule has 3 aliphatic rings. The third-order valence-electron chi connectivity index (χ3n) is 5.02. The molecule has 0 bridgehead atoms. The third kappa shape index (κ3) is 3.90. The molecule has 140 valence electrons. The van der Waals surface area contributed by atoms with Gasteiger partial charge in [0.2, 0.25) is 5.91 Å². The van der Waals surface area contributed by atoms with E-state index < -0.39 is 0 Å². The maximum Gasteiger partial charge on any atom is 0.227 e. The van der Waals surface area contributed by atoms with Crippen molar-refractivity contribution >= 4 is 29.7 Å². The highest BCUT2D eigenvalue weighted by Crippen LogP contribution is 2.19. The Bertz CT molecular complexity index is 865. The minimum Gasteiger partial charge on any atom is -0.352 e. The highest BCUT2D eigenvalue weighted by molar-refractivity contribution is 6.31. The molecule has 0 aromatic heterocycles. The number of hydrazone groups is 1. The summed E-state index contributed by atoms with van der Waals surface area (Å²) in [4.78, 5) is 21.0. The fourth-order valence-corrected chi connectivity index (χ4v) is 3.55. The summed E-state index contributed by atoms with van der Waals surface area (Å²) in [6.07, 6.45) is 8.29. The van der Waals surface area contributed by atoms with Crippen LogP contribution in [-0.4, -0.2) is 65.6 Å². The van der Waals surface area contributed by atoms with E-state index >= 15 is 0 Å². The van der Waals surface area contributed by atoms with Gasteiger partial charge in [-0.2, -0.15) is 0 Å². The summed E-state index contributed by atoms with van der Waals surface area (Å²) in [5, 5.41) is 7.15. The molecule has 0 spiro atoms. The van der Waals surface area contributed by atoms with Gasteiger partial charge in [0.05, 0.1) is 18.7 Å². The number of halogens is 1. The molecule has 27 heavy (non-hydrogen) atoms. The fraction of sp³-hybridized carbons (Fsp3) is 0.350. The van der Waals surface area contributed by atoms with Gasteiger partial charge in [-0.1, -0.05) is 23.7 Å². The molecule has 3 aliphatic heterocycles. The Kier molecular flexibility index (Phi) is 4.99. The molecule has 0 aliphatic carbocycles. The highest BCUT2D eigenvalue weighted by Gasteiger charge is 2.24. The summed E-state index contributed by atoms with van der Waals surface area (Å²) in [7, 11) is 0. The molecular weight excluding hydrogens is 362 g/mol. The van der Waals surface area contributed by atoms with Crippen molar-refractivity contribution in [2.24, 2.45) is 10.1 Å². The van der Waals surface area contributed by atoms with Crippen LogP contribution in [-0.2, 0) is 11.2 Å². The molecule has 1 aromatic rings. The number of allylic oxidation sites excluding steroid dienone is 1. The molecule has 0 saturated carbocycles.